The molecule has 0 unspecified atom stereocenters. The number of carbonyl (C=O) groups excluding carboxylic acids is 1. The maximum absolute atomic E-state index is 12.6. The molecule has 4 nitrogen and oxygen atoms in total. The molecule has 0 heterocycles. The Morgan fingerprint density at radius 2 is 1.65 bits per heavy atom. The van der Waals surface area contributed by atoms with Crippen LogP contribution in [0.15, 0.2) is 47.0 Å². The SMILES string of the molecule is O=C(CCCOc1c(Cl)cc(OCC=C(Cl)Cl)cc1Cl)Nc1ccc(C(F)(F)F)cc1. The molecule has 0 aliphatic carbocycles. The fourth-order valence-electron chi connectivity index (χ4n) is 2.33. The first kappa shape index (κ1) is 25.5. The van der Waals surface area contributed by atoms with Crippen LogP contribution in [0, 0.1) is 0 Å². The van der Waals surface area contributed by atoms with E-state index in [0.717, 1.165) is 12.1 Å². The Kier molecular flexibility index (Phi) is 9.62. The van der Waals surface area contributed by atoms with Crippen LogP contribution in [-0.4, -0.2) is 19.1 Å². The Balaban J connectivity index is 1.80. The minimum Gasteiger partial charge on any atom is -0.490 e. The van der Waals surface area contributed by atoms with Gasteiger partial charge < -0.3 is 14.8 Å². The topological polar surface area (TPSA) is 47.6 Å². The molecule has 1 N–H and O–H groups in total. The molecule has 2 rings (SSSR count). The summed E-state index contributed by atoms with van der Waals surface area (Å²) in [6, 6.07) is 7.20. The van der Waals surface area contributed by atoms with Crippen molar-refractivity contribution in [3.05, 3.63) is 62.6 Å². The van der Waals surface area contributed by atoms with Crippen molar-refractivity contribution in [1.82, 2.24) is 0 Å². The highest BCUT2D eigenvalue weighted by molar-refractivity contribution is 6.55. The fraction of sp³-hybridized carbons (Fsp3) is 0.250. The van der Waals surface area contributed by atoms with Crippen molar-refractivity contribution in [2.45, 2.75) is 19.0 Å². The normalized spacial score (nSPS) is 11.1. The Morgan fingerprint density at radius 1 is 1.03 bits per heavy atom. The Labute approximate surface area is 196 Å². The van der Waals surface area contributed by atoms with Gasteiger partial charge in [-0.1, -0.05) is 46.4 Å². The standard InChI is InChI=1S/C20H16Cl4F3NO3/c21-15-10-14(30-9-7-17(23)24)11-16(22)19(15)31-8-1-2-18(29)28-13-5-3-12(4-6-13)20(25,26)27/h3-7,10-11H,1-2,8-9H2,(H,28,29). The Morgan fingerprint density at radius 3 is 2.19 bits per heavy atom. The van der Waals surface area contributed by atoms with Crippen LogP contribution in [0.2, 0.25) is 10.0 Å². The third-order valence-electron chi connectivity index (χ3n) is 3.75. The molecular formula is C20H16Cl4F3NO3. The summed E-state index contributed by atoms with van der Waals surface area (Å²) >= 11 is 23.3. The number of amides is 1. The summed E-state index contributed by atoms with van der Waals surface area (Å²) in [6.45, 7) is 0.272. The highest BCUT2D eigenvalue weighted by Gasteiger charge is 2.29. The van der Waals surface area contributed by atoms with E-state index >= 15 is 0 Å². The van der Waals surface area contributed by atoms with Crippen LogP contribution in [0.3, 0.4) is 0 Å². The van der Waals surface area contributed by atoms with Crippen LogP contribution in [0.1, 0.15) is 18.4 Å². The van der Waals surface area contributed by atoms with E-state index in [9.17, 15) is 18.0 Å². The van der Waals surface area contributed by atoms with Gasteiger partial charge in [0.05, 0.1) is 22.2 Å². The molecule has 0 radical (unpaired) electrons. The predicted octanol–water partition coefficient (Wildman–Crippen LogP) is 7.51. The summed E-state index contributed by atoms with van der Waals surface area (Å²) in [5.41, 5.74) is -0.519. The molecule has 2 aromatic carbocycles. The van der Waals surface area contributed by atoms with Crippen LogP contribution >= 0.6 is 46.4 Å². The molecule has 0 saturated carbocycles. The van der Waals surface area contributed by atoms with Gasteiger partial charge in [-0.15, -0.1) is 0 Å². The number of nitrogens with one attached hydrogen (secondary N) is 1. The zero-order chi connectivity index (χ0) is 23.0. The lowest BCUT2D eigenvalue weighted by molar-refractivity contribution is -0.137. The van der Waals surface area contributed by atoms with Crippen LogP contribution in [-0.2, 0) is 11.0 Å². The molecule has 0 aliphatic rings. The van der Waals surface area contributed by atoms with Crippen LogP contribution in [0.5, 0.6) is 11.5 Å². The minimum absolute atomic E-state index is 0.0690. The number of halogens is 7. The second-order valence-electron chi connectivity index (χ2n) is 6.10. The first-order valence-corrected chi connectivity index (χ1v) is 10.3. The lowest BCUT2D eigenvalue weighted by Crippen LogP contribution is -2.13. The van der Waals surface area contributed by atoms with E-state index in [4.69, 9.17) is 55.9 Å². The lowest BCUT2D eigenvalue weighted by atomic mass is 10.2. The van der Waals surface area contributed by atoms with E-state index in [2.05, 4.69) is 5.32 Å². The van der Waals surface area contributed by atoms with E-state index < -0.39 is 11.7 Å². The summed E-state index contributed by atoms with van der Waals surface area (Å²) in [5, 5.41) is 2.96. The molecule has 0 aromatic heterocycles. The molecule has 1 amide bonds. The van der Waals surface area contributed by atoms with Crippen LogP contribution < -0.4 is 14.8 Å². The summed E-state index contributed by atoms with van der Waals surface area (Å²) in [5.74, 6) is 0.268. The number of carbonyl (C=O) groups is 1. The summed E-state index contributed by atoms with van der Waals surface area (Å²) in [4.78, 5) is 12.0. The van der Waals surface area contributed by atoms with E-state index in [-0.39, 0.29) is 51.5 Å². The first-order valence-electron chi connectivity index (χ1n) is 8.79. The van der Waals surface area contributed by atoms with Crippen molar-refractivity contribution in [2.24, 2.45) is 0 Å². The third-order valence-corrected chi connectivity index (χ3v) is 4.62. The number of anilines is 1. The molecule has 0 bridgehead atoms. The van der Waals surface area contributed by atoms with Crippen molar-refractivity contribution in [3.63, 3.8) is 0 Å². The number of rotatable bonds is 9. The van der Waals surface area contributed by atoms with Gasteiger partial charge in [0.1, 0.15) is 16.8 Å². The average molecular weight is 517 g/mol. The molecule has 0 atom stereocenters. The summed E-state index contributed by atoms with van der Waals surface area (Å²) in [7, 11) is 0. The van der Waals surface area contributed by atoms with E-state index in [1.807, 2.05) is 0 Å². The number of hydrogen-bond acceptors (Lipinski definition) is 3. The van der Waals surface area contributed by atoms with Gasteiger partial charge in [-0.05, 0) is 36.8 Å². The van der Waals surface area contributed by atoms with Gasteiger partial charge in [-0.3, -0.25) is 4.79 Å². The second-order valence-corrected chi connectivity index (χ2v) is 7.92. The maximum Gasteiger partial charge on any atom is 0.416 e. The van der Waals surface area contributed by atoms with E-state index in [0.29, 0.717) is 12.2 Å². The summed E-state index contributed by atoms with van der Waals surface area (Å²) < 4.78 is 48.7. The number of hydrogen-bond donors (Lipinski definition) is 1. The van der Waals surface area contributed by atoms with E-state index in [1.54, 1.807) is 0 Å². The van der Waals surface area contributed by atoms with Crippen molar-refractivity contribution >= 4 is 58.0 Å². The fourth-order valence-corrected chi connectivity index (χ4v) is 3.03. The molecular weight excluding hydrogens is 501 g/mol. The molecule has 0 fully saturated rings. The van der Waals surface area contributed by atoms with Crippen molar-refractivity contribution in [1.29, 1.82) is 0 Å². The molecule has 0 saturated heterocycles. The van der Waals surface area contributed by atoms with Crippen LogP contribution in [0.4, 0.5) is 18.9 Å². The number of ether oxygens (including phenoxy) is 2. The zero-order valence-electron chi connectivity index (χ0n) is 15.7. The molecule has 31 heavy (non-hydrogen) atoms. The summed E-state index contributed by atoms with van der Waals surface area (Å²) in [6.07, 6.45) is -2.56. The van der Waals surface area contributed by atoms with Gasteiger partial charge in [0.2, 0.25) is 5.91 Å². The largest absolute Gasteiger partial charge is 0.490 e. The predicted molar refractivity (Wildman–Crippen MR) is 117 cm³/mol. The first-order chi connectivity index (χ1) is 14.6. The highest BCUT2D eigenvalue weighted by atomic mass is 35.5. The Bertz CT molecular complexity index is 907. The Hall–Kier alpha value is -1.80. The highest BCUT2D eigenvalue weighted by Crippen LogP contribution is 2.37. The molecule has 0 aliphatic heterocycles. The van der Waals surface area contributed by atoms with Crippen molar-refractivity contribution in [3.8, 4) is 11.5 Å². The maximum atomic E-state index is 12.6. The molecule has 2 aromatic rings. The average Bonchev–Trinajstić information content (AvgIpc) is 2.66. The second kappa shape index (κ2) is 11.7. The van der Waals surface area contributed by atoms with Gasteiger partial charge in [0.25, 0.3) is 0 Å². The minimum atomic E-state index is -4.43. The van der Waals surface area contributed by atoms with Crippen LogP contribution in [0.25, 0.3) is 0 Å². The van der Waals surface area contributed by atoms with Gasteiger partial charge in [-0.25, -0.2) is 0 Å². The van der Waals surface area contributed by atoms with Crippen molar-refractivity contribution in [2.75, 3.05) is 18.5 Å². The van der Waals surface area contributed by atoms with E-state index in [1.165, 1.54) is 30.3 Å². The van der Waals surface area contributed by atoms with Gasteiger partial charge in [0.15, 0.2) is 5.75 Å². The van der Waals surface area contributed by atoms with Gasteiger partial charge in [0, 0.05) is 24.2 Å². The molecule has 168 valence electrons. The third kappa shape index (κ3) is 8.69. The number of alkyl halides is 3. The lowest BCUT2D eigenvalue weighted by Gasteiger charge is -2.12. The van der Waals surface area contributed by atoms with Gasteiger partial charge >= 0.3 is 6.18 Å². The van der Waals surface area contributed by atoms with Gasteiger partial charge in [-0.2, -0.15) is 13.2 Å². The smallest absolute Gasteiger partial charge is 0.416 e. The number of benzene rings is 2. The van der Waals surface area contributed by atoms with Crippen molar-refractivity contribution < 1.29 is 27.4 Å². The molecule has 11 heteroatoms. The monoisotopic (exact) mass is 515 g/mol. The molecule has 0 spiro atoms. The quantitative estimate of drug-likeness (QED) is 0.351. The zero-order valence-corrected chi connectivity index (χ0v) is 18.8.